The van der Waals surface area contributed by atoms with Crippen molar-refractivity contribution in [3.63, 3.8) is 0 Å². The third-order valence-electron chi connectivity index (χ3n) is 5.24. The first-order valence-electron chi connectivity index (χ1n) is 9.55. The fraction of sp³-hybridized carbons (Fsp3) is 0.261. The number of carbonyl (C=O) groups excluding carboxylic acids is 1. The second-order valence-electron chi connectivity index (χ2n) is 7.04. The van der Waals surface area contributed by atoms with E-state index in [1.54, 1.807) is 11.3 Å². The van der Waals surface area contributed by atoms with Crippen molar-refractivity contribution in [2.24, 2.45) is 0 Å². The summed E-state index contributed by atoms with van der Waals surface area (Å²) in [5.74, 6) is 0.227. The summed E-state index contributed by atoms with van der Waals surface area (Å²) < 4.78 is 0. The molecule has 144 valence electrons. The molecule has 5 heteroatoms. The molecule has 1 fully saturated rings. The number of hydrogen-bond acceptors (Lipinski definition) is 3. The van der Waals surface area contributed by atoms with Crippen molar-refractivity contribution in [3.05, 3.63) is 93.1 Å². The van der Waals surface area contributed by atoms with Crippen molar-refractivity contribution < 1.29 is 4.79 Å². The summed E-state index contributed by atoms with van der Waals surface area (Å²) >= 11 is 7.75. The monoisotopic (exact) mass is 410 g/mol. The van der Waals surface area contributed by atoms with E-state index in [-0.39, 0.29) is 11.9 Å². The van der Waals surface area contributed by atoms with Crippen LogP contribution >= 0.6 is 22.9 Å². The molecule has 0 aliphatic carbocycles. The number of carbonyl (C=O) groups is 1. The van der Waals surface area contributed by atoms with Gasteiger partial charge in [0.25, 0.3) is 0 Å². The first kappa shape index (κ1) is 19.2. The molecule has 4 rings (SSSR count). The smallest absolute Gasteiger partial charge is 0.227 e. The van der Waals surface area contributed by atoms with Gasteiger partial charge in [-0.25, -0.2) is 0 Å². The van der Waals surface area contributed by atoms with Crippen LogP contribution in [0.15, 0.2) is 72.1 Å². The molecule has 1 unspecified atom stereocenters. The fourth-order valence-electron chi connectivity index (χ4n) is 3.80. The number of piperazine rings is 1. The molecule has 1 saturated heterocycles. The molecule has 1 aliphatic rings. The molecule has 3 aromatic rings. The van der Waals surface area contributed by atoms with Crippen molar-refractivity contribution in [1.82, 2.24) is 9.80 Å². The average Bonchev–Trinajstić information content (AvgIpc) is 3.24. The lowest BCUT2D eigenvalue weighted by molar-refractivity contribution is -0.132. The Kier molecular flexibility index (Phi) is 6.10. The van der Waals surface area contributed by atoms with E-state index in [1.807, 2.05) is 40.6 Å². The Bertz CT molecular complexity index is 888. The molecule has 0 N–H and O–H groups in total. The van der Waals surface area contributed by atoms with Gasteiger partial charge in [-0.2, -0.15) is 0 Å². The van der Waals surface area contributed by atoms with Crippen LogP contribution in [0, 0.1) is 0 Å². The SMILES string of the molecule is O=C(Cc1cccs1)N1CCN(C(c2ccccc2)c2ccc(Cl)cc2)CC1. The first-order valence-corrected chi connectivity index (χ1v) is 10.8. The molecule has 0 radical (unpaired) electrons. The zero-order valence-electron chi connectivity index (χ0n) is 15.6. The maximum absolute atomic E-state index is 12.6. The lowest BCUT2D eigenvalue weighted by Gasteiger charge is -2.39. The number of thiophene rings is 1. The van der Waals surface area contributed by atoms with E-state index in [0.29, 0.717) is 6.42 Å². The Morgan fingerprint density at radius 2 is 1.57 bits per heavy atom. The second-order valence-corrected chi connectivity index (χ2v) is 8.51. The summed E-state index contributed by atoms with van der Waals surface area (Å²) in [5.41, 5.74) is 2.50. The number of halogens is 1. The van der Waals surface area contributed by atoms with Gasteiger partial charge in [-0.3, -0.25) is 9.69 Å². The van der Waals surface area contributed by atoms with Crippen LogP contribution in [-0.4, -0.2) is 41.9 Å². The van der Waals surface area contributed by atoms with Gasteiger partial charge in [0.15, 0.2) is 0 Å². The predicted octanol–water partition coefficient (Wildman–Crippen LogP) is 4.88. The fourth-order valence-corrected chi connectivity index (χ4v) is 4.62. The standard InChI is InChI=1S/C23H23ClN2OS/c24-20-10-8-19(9-11-20)23(18-5-2-1-3-6-18)26-14-12-25(13-15-26)22(27)17-21-7-4-16-28-21/h1-11,16,23H,12-15,17H2. The quantitative estimate of drug-likeness (QED) is 0.598. The minimum atomic E-state index is 0.174. The maximum Gasteiger partial charge on any atom is 0.227 e. The first-order chi connectivity index (χ1) is 13.7. The van der Waals surface area contributed by atoms with Crippen molar-refractivity contribution in [2.75, 3.05) is 26.2 Å². The molecule has 2 aromatic carbocycles. The number of benzene rings is 2. The van der Waals surface area contributed by atoms with Gasteiger partial charge in [0.1, 0.15) is 0 Å². The van der Waals surface area contributed by atoms with Crippen LogP contribution in [0.25, 0.3) is 0 Å². The van der Waals surface area contributed by atoms with Crippen LogP contribution in [0.2, 0.25) is 5.02 Å². The highest BCUT2D eigenvalue weighted by molar-refractivity contribution is 7.10. The highest BCUT2D eigenvalue weighted by Gasteiger charge is 2.28. The molecule has 0 saturated carbocycles. The zero-order valence-corrected chi connectivity index (χ0v) is 17.2. The number of nitrogens with zero attached hydrogens (tertiary/aromatic N) is 2. The van der Waals surface area contributed by atoms with Gasteiger partial charge < -0.3 is 4.90 Å². The van der Waals surface area contributed by atoms with Crippen molar-refractivity contribution >= 4 is 28.8 Å². The molecule has 0 spiro atoms. The molecular formula is C23H23ClN2OS. The van der Waals surface area contributed by atoms with Crippen LogP contribution in [-0.2, 0) is 11.2 Å². The van der Waals surface area contributed by atoms with Crippen LogP contribution in [0.1, 0.15) is 22.0 Å². The maximum atomic E-state index is 12.6. The normalized spacial score (nSPS) is 16.1. The molecule has 0 bridgehead atoms. The van der Waals surface area contributed by atoms with Gasteiger partial charge in [-0.1, -0.05) is 60.1 Å². The van der Waals surface area contributed by atoms with E-state index < -0.39 is 0 Å². The number of rotatable bonds is 5. The lowest BCUT2D eigenvalue weighted by Crippen LogP contribution is -2.50. The highest BCUT2D eigenvalue weighted by Crippen LogP contribution is 2.30. The van der Waals surface area contributed by atoms with Crippen molar-refractivity contribution in [2.45, 2.75) is 12.5 Å². The molecule has 2 heterocycles. The molecular weight excluding hydrogens is 388 g/mol. The van der Waals surface area contributed by atoms with Crippen LogP contribution in [0.4, 0.5) is 0 Å². The third-order valence-corrected chi connectivity index (χ3v) is 6.37. The summed E-state index contributed by atoms with van der Waals surface area (Å²) in [4.78, 5) is 18.2. The Balaban J connectivity index is 1.48. The van der Waals surface area contributed by atoms with Crippen molar-refractivity contribution in [3.8, 4) is 0 Å². The van der Waals surface area contributed by atoms with Crippen LogP contribution in [0.5, 0.6) is 0 Å². The van der Waals surface area contributed by atoms with Gasteiger partial charge in [-0.05, 0) is 34.7 Å². The van der Waals surface area contributed by atoms with Crippen molar-refractivity contribution in [1.29, 1.82) is 0 Å². The van der Waals surface area contributed by atoms with Crippen LogP contribution in [0.3, 0.4) is 0 Å². The molecule has 3 nitrogen and oxygen atoms in total. The highest BCUT2D eigenvalue weighted by atomic mass is 35.5. The Morgan fingerprint density at radius 1 is 0.893 bits per heavy atom. The van der Waals surface area contributed by atoms with E-state index in [1.165, 1.54) is 11.1 Å². The topological polar surface area (TPSA) is 23.6 Å². The predicted molar refractivity (Wildman–Crippen MR) is 116 cm³/mol. The number of amides is 1. The number of hydrogen-bond donors (Lipinski definition) is 0. The largest absolute Gasteiger partial charge is 0.340 e. The Morgan fingerprint density at radius 3 is 2.21 bits per heavy atom. The summed E-state index contributed by atoms with van der Waals surface area (Å²) in [5, 5.41) is 2.77. The zero-order chi connectivity index (χ0) is 19.3. The van der Waals surface area contributed by atoms with Gasteiger partial charge in [0, 0.05) is 36.1 Å². The minimum Gasteiger partial charge on any atom is -0.340 e. The van der Waals surface area contributed by atoms with Gasteiger partial charge in [0.2, 0.25) is 5.91 Å². The van der Waals surface area contributed by atoms with Gasteiger partial charge in [-0.15, -0.1) is 11.3 Å². The molecule has 1 atom stereocenters. The van der Waals surface area contributed by atoms with Gasteiger partial charge >= 0.3 is 0 Å². The average molecular weight is 411 g/mol. The second kappa shape index (κ2) is 8.91. The summed E-state index contributed by atoms with van der Waals surface area (Å²) in [7, 11) is 0. The summed E-state index contributed by atoms with van der Waals surface area (Å²) in [6, 6.07) is 22.9. The third kappa shape index (κ3) is 4.46. The summed E-state index contributed by atoms with van der Waals surface area (Å²) in [6.07, 6.45) is 0.511. The molecule has 1 aliphatic heterocycles. The van der Waals surface area contributed by atoms with E-state index >= 15 is 0 Å². The lowest BCUT2D eigenvalue weighted by atomic mass is 9.96. The summed E-state index contributed by atoms with van der Waals surface area (Å²) in [6.45, 7) is 3.25. The Hall–Kier alpha value is -2.14. The minimum absolute atomic E-state index is 0.174. The van der Waals surface area contributed by atoms with Gasteiger partial charge in [0.05, 0.1) is 12.5 Å². The van der Waals surface area contributed by atoms with E-state index in [9.17, 15) is 4.79 Å². The van der Waals surface area contributed by atoms with Crippen LogP contribution < -0.4 is 0 Å². The Labute approximate surface area is 175 Å². The van der Waals surface area contributed by atoms with E-state index in [4.69, 9.17) is 11.6 Å². The molecule has 1 amide bonds. The van der Waals surface area contributed by atoms with E-state index in [2.05, 4.69) is 41.3 Å². The van der Waals surface area contributed by atoms with E-state index in [0.717, 1.165) is 36.1 Å². The molecule has 28 heavy (non-hydrogen) atoms. The molecule has 1 aromatic heterocycles.